The zero-order valence-corrected chi connectivity index (χ0v) is 20.4. The molecule has 3 fully saturated rings. The summed E-state index contributed by atoms with van der Waals surface area (Å²) >= 11 is 0. The summed E-state index contributed by atoms with van der Waals surface area (Å²) < 4.78 is 14.1. The minimum Gasteiger partial charge on any atom is -0.207 e. The summed E-state index contributed by atoms with van der Waals surface area (Å²) in [7, 11) is 0. The van der Waals surface area contributed by atoms with Crippen LogP contribution in [0.25, 0.3) is 0 Å². The van der Waals surface area contributed by atoms with Gasteiger partial charge >= 0.3 is 0 Å². The standard InChI is InChI=1S/C30H47F/c1-3-4-5-6-7-8-23-10-13-24(14-11-23)25-15-16-27-20-28(18-17-26(27)19-25)29-12-9-22(2)30(31)21-29/h9,12,21,23-28H,3-8,10-11,13-20H2,1-2H3. The second-order valence-corrected chi connectivity index (χ2v) is 11.6. The molecule has 0 aromatic heterocycles. The van der Waals surface area contributed by atoms with Crippen LogP contribution in [0.3, 0.4) is 0 Å². The first-order valence-electron chi connectivity index (χ1n) is 13.9. The average Bonchev–Trinajstić information content (AvgIpc) is 2.80. The Hall–Kier alpha value is -0.850. The van der Waals surface area contributed by atoms with Crippen molar-refractivity contribution in [2.45, 2.75) is 122 Å². The van der Waals surface area contributed by atoms with Crippen LogP contribution in [0, 0.1) is 42.3 Å². The third-order valence-corrected chi connectivity index (χ3v) is 9.59. The van der Waals surface area contributed by atoms with Crippen LogP contribution in [-0.4, -0.2) is 0 Å². The van der Waals surface area contributed by atoms with E-state index in [1.165, 1.54) is 108 Å². The maximum absolute atomic E-state index is 14.1. The van der Waals surface area contributed by atoms with Crippen LogP contribution >= 0.6 is 0 Å². The zero-order chi connectivity index (χ0) is 21.6. The fourth-order valence-corrected chi connectivity index (χ4v) is 7.50. The Morgan fingerprint density at radius 1 is 0.742 bits per heavy atom. The summed E-state index contributed by atoms with van der Waals surface area (Å²) in [6.45, 7) is 4.18. The molecular formula is C30H47F. The van der Waals surface area contributed by atoms with Crippen LogP contribution in [0.1, 0.15) is 127 Å². The number of rotatable bonds is 8. The minimum absolute atomic E-state index is 0.0140. The average molecular weight is 427 g/mol. The molecule has 0 spiro atoms. The van der Waals surface area contributed by atoms with Crippen LogP contribution in [0.2, 0.25) is 0 Å². The molecule has 3 saturated carbocycles. The van der Waals surface area contributed by atoms with Crippen molar-refractivity contribution in [1.82, 2.24) is 0 Å². The predicted molar refractivity (Wildman–Crippen MR) is 131 cm³/mol. The summed E-state index contributed by atoms with van der Waals surface area (Å²) in [5, 5.41) is 0. The molecule has 1 aromatic carbocycles. The second kappa shape index (κ2) is 11.3. The number of halogens is 1. The second-order valence-electron chi connectivity index (χ2n) is 11.6. The number of hydrogen-bond acceptors (Lipinski definition) is 0. The van der Waals surface area contributed by atoms with Crippen LogP contribution in [0.4, 0.5) is 4.39 Å². The number of hydrogen-bond donors (Lipinski definition) is 0. The van der Waals surface area contributed by atoms with Gasteiger partial charge in [-0.1, -0.05) is 70.4 Å². The first-order valence-corrected chi connectivity index (χ1v) is 13.9. The Labute approximate surface area is 191 Å². The molecule has 3 aliphatic rings. The third kappa shape index (κ3) is 6.14. The van der Waals surface area contributed by atoms with E-state index in [1.54, 1.807) is 0 Å². The molecule has 0 aliphatic heterocycles. The van der Waals surface area contributed by atoms with Gasteiger partial charge in [0.1, 0.15) is 5.82 Å². The molecular weight excluding hydrogens is 379 g/mol. The normalized spacial score (nSPS) is 33.8. The van der Waals surface area contributed by atoms with Crippen molar-refractivity contribution in [1.29, 1.82) is 0 Å². The molecule has 0 heterocycles. The lowest BCUT2D eigenvalue weighted by Crippen LogP contribution is -2.34. The highest BCUT2D eigenvalue weighted by molar-refractivity contribution is 5.26. The van der Waals surface area contributed by atoms with Gasteiger partial charge in [-0.3, -0.25) is 0 Å². The van der Waals surface area contributed by atoms with Crippen LogP contribution < -0.4 is 0 Å². The van der Waals surface area contributed by atoms with E-state index in [-0.39, 0.29) is 5.82 Å². The van der Waals surface area contributed by atoms with Crippen molar-refractivity contribution in [2.24, 2.45) is 29.6 Å². The molecule has 4 unspecified atom stereocenters. The lowest BCUT2D eigenvalue weighted by Gasteiger charge is -2.45. The summed E-state index contributed by atoms with van der Waals surface area (Å²) in [6.07, 6.45) is 23.2. The van der Waals surface area contributed by atoms with Gasteiger partial charge in [-0.05, 0) is 111 Å². The first-order chi connectivity index (χ1) is 15.1. The molecule has 4 atom stereocenters. The topological polar surface area (TPSA) is 0 Å². The van der Waals surface area contributed by atoms with Gasteiger partial charge in [-0.25, -0.2) is 4.39 Å². The highest BCUT2D eigenvalue weighted by atomic mass is 19.1. The van der Waals surface area contributed by atoms with Crippen molar-refractivity contribution < 1.29 is 4.39 Å². The Kier molecular flexibility index (Phi) is 8.52. The van der Waals surface area contributed by atoms with Gasteiger partial charge in [0.05, 0.1) is 0 Å². The molecule has 0 radical (unpaired) electrons. The summed E-state index contributed by atoms with van der Waals surface area (Å²) in [5.74, 6) is 5.53. The number of unbranched alkanes of at least 4 members (excludes halogenated alkanes) is 4. The number of fused-ring (bicyclic) bond motifs is 1. The van der Waals surface area contributed by atoms with Crippen molar-refractivity contribution in [2.75, 3.05) is 0 Å². The molecule has 0 amide bonds. The molecule has 4 rings (SSSR count). The van der Waals surface area contributed by atoms with Crippen LogP contribution in [0.5, 0.6) is 0 Å². The van der Waals surface area contributed by atoms with Gasteiger partial charge in [-0.2, -0.15) is 0 Å². The highest BCUT2D eigenvalue weighted by Gasteiger charge is 2.39. The summed E-state index contributed by atoms with van der Waals surface area (Å²) in [5.41, 5.74) is 2.04. The van der Waals surface area contributed by atoms with Crippen molar-refractivity contribution in [3.63, 3.8) is 0 Å². The fraction of sp³-hybridized carbons (Fsp3) is 0.800. The van der Waals surface area contributed by atoms with Gasteiger partial charge in [0.15, 0.2) is 0 Å². The van der Waals surface area contributed by atoms with E-state index in [2.05, 4.69) is 13.0 Å². The lowest BCUT2D eigenvalue weighted by atomic mass is 9.60. The van der Waals surface area contributed by atoms with Gasteiger partial charge in [0.2, 0.25) is 0 Å². The molecule has 3 aliphatic carbocycles. The van der Waals surface area contributed by atoms with E-state index in [0.29, 0.717) is 5.92 Å². The maximum atomic E-state index is 14.1. The maximum Gasteiger partial charge on any atom is 0.126 e. The van der Waals surface area contributed by atoms with E-state index in [1.807, 2.05) is 19.1 Å². The SMILES string of the molecule is CCCCCCCC1CCC(C2CCC3CC(c4ccc(C)c(F)c4)CCC3C2)CC1. The Bertz CT molecular complexity index is 671. The van der Waals surface area contributed by atoms with Crippen LogP contribution in [0.15, 0.2) is 18.2 Å². The van der Waals surface area contributed by atoms with Gasteiger partial charge in [0, 0.05) is 0 Å². The van der Waals surface area contributed by atoms with Gasteiger partial charge in [0.25, 0.3) is 0 Å². The molecule has 31 heavy (non-hydrogen) atoms. The lowest BCUT2D eigenvalue weighted by molar-refractivity contribution is 0.0710. The summed E-state index contributed by atoms with van der Waals surface area (Å²) in [6, 6.07) is 6.00. The smallest absolute Gasteiger partial charge is 0.126 e. The van der Waals surface area contributed by atoms with Crippen molar-refractivity contribution >= 4 is 0 Å². The predicted octanol–water partition coefficient (Wildman–Crippen LogP) is 9.60. The monoisotopic (exact) mass is 426 g/mol. The number of benzene rings is 1. The Morgan fingerprint density at radius 3 is 2.13 bits per heavy atom. The molecule has 1 aromatic rings. The fourth-order valence-electron chi connectivity index (χ4n) is 7.50. The van der Waals surface area contributed by atoms with Gasteiger partial charge < -0.3 is 0 Å². The molecule has 1 heteroatoms. The largest absolute Gasteiger partial charge is 0.207 e. The first kappa shape index (κ1) is 23.3. The van der Waals surface area contributed by atoms with Crippen LogP contribution in [-0.2, 0) is 0 Å². The van der Waals surface area contributed by atoms with E-state index < -0.39 is 0 Å². The van der Waals surface area contributed by atoms with Crippen molar-refractivity contribution in [3.05, 3.63) is 35.1 Å². The molecule has 0 saturated heterocycles. The van der Waals surface area contributed by atoms with Gasteiger partial charge in [-0.15, -0.1) is 0 Å². The molecule has 0 bridgehead atoms. The van der Waals surface area contributed by atoms with E-state index in [0.717, 1.165) is 35.2 Å². The molecule has 0 N–H and O–H groups in total. The summed E-state index contributed by atoms with van der Waals surface area (Å²) in [4.78, 5) is 0. The van der Waals surface area contributed by atoms with E-state index >= 15 is 0 Å². The quantitative estimate of drug-likeness (QED) is 0.363. The third-order valence-electron chi connectivity index (χ3n) is 9.59. The zero-order valence-electron chi connectivity index (χ0n) is 20.4. The molecule has 0 nitrogen and oxygen atoms in total. The van der Waals surface area contributed by atoms with Crippen molar-refractivity contribution in [3.8, 4) is 0 Å². The highest BCUT2D eigenvalue weighted by Crippen LogP contribution is 2.51. The Morgan fingerprint density at radius 2 is 1.39 bits per heavy atom. The van der Waals surface area contributed by atoms with E-state index in [9.17, 15) is 4.39 Å². The number of aryl methyl sites for hydroxylation is 1. The van der Waals surface area contributed by atoms with E-state index in [4.69, 9.17) is 0 Å². The minimum atomic E-state index is -0.0140. The molecule has 174 valence electrons. The Balaban J connectivity index is 1.20.